The SMILES string of the molecule is O=c1c(F)cn(OC2CCCO2)c(=O)n1Cc1ccc(-c2c3nc(c(-c4ccccc4)c4ccc([nH]4)c(-c4ccccc4)c4nc(c(-c5ccccc5)c5ccc2[nH]5)C=C4)C=C3)cc1[N+](=O)[O-]. The van der Waals surface area contributed by atoms with Crippen molar-refractivity contribution in [3.8, 4) is 44.5 Å². The van der Waals surface area contributed by atoms with Crippen LogP contribution in [0.5, 0.6) is 0 Å². The molecule has 4 aromatic carbocycles. The summed E-state index contributed by atoms with van der Waals surface area (Å²) >= 11 is 0. The van der Waals surface area contributed by atoms with Gasteiger partial charge in [0, 0.05) is 62.4 Å². The molecule has 1 fully saturated rings. The van der Waals surface area contributed by atoms with E-state index >= 15 is 4.39 Å². The first-order chi connectivity index (χ1) is 32.8. The summed E-state index contributed by atoms with van der Waals surface area (Å²) in [5, 5.41) is 13.0. The zero-order chi connectivity index (χ0) is 45.6. The van der Waals surface area contributed by atoms with Gasteiger partial charge in [-0.05, 0) is 83.3 Å². The van der Waals surface area contributed by atoms with Gasteiger partial charge in [0.25, 0.3) is 11.2 Å². The van der Waals surface area contributed by atoms with Gasteiger partial charge in [-0.25, -0.2) is 14.8 Å². The Morgan fingerprint density at radius 1 is 0.657 bits per heavy atom. The Morgan fingerprint density at radius 3 is 1.55 bits per heavy atom. The van der Waals surface area contributed by atoms with E-state index in [1.807, 2.05) is 121 Å². The molecule has 2 N–H and O–H groups in total. The predicted molar refractivity (Wildman–Crippen MR) is 257 cm³/mol. The molecule has 3 aliphatic rings. The summed E-state index contributed by atoms with van der Waals surface area (Å²) in [7, 11) is 0. The minimum absolute atomic E-state index is 0.00828. The van der Waals surface area contributed by atoms with Gasteiger partial charge in [0.05, 0.1) is 47.0 Å². The minimum Gasteiger partial charge on any atom is -0.377 e. The average Bonchev–Trinajstić information content (AvgIpc) is 4.23. The van der Waals surface area contributed by atoms with Crippen molar-refractivity contribution < 1.29 is 18.9 Å². The van der Waals surface area contributed by atoms with Crippen LogP contribution in [-0.2, 0) is 11.3 Å². The fourth-order valence-corrected chi connectivity index (χ4v) is 8.95. The second-order valence-corrected chi connectivity index (χ2v) is 16.2. The van der Waals surface area contributed by atoms with Gasteiger partial charge in [0.15, 0.2) is 0 Å². The number of halogens is 1. The van der Waals surface area contributed by atoms with E-state index in [9.17, 15) is 19.7 Å². The number of fused-ring (bicyclic) bond motifs is 8. The highest BCUT2D eigenvalue weighted by molar-refractivity contribution is 6.00. The van der Waals surface area contributed by atoms with Crippen LogP contribution < -0.4 is 16.1 Å². The molecule has 0 spiro atoms. The number of nitro benzene ring substituents is 1. The van der Waals surface area contributed by atoms with Crippen LogP contribution in [0.2, 0.25) is 0 Å². The summed E-state index contributed by atoms with van der Waals surface area (Å²) in [4.78, 5) is 62.5. The molecule has 0 aliphatic carbocycles. The third kappa shape index (κ3) is 7.64. The van der Waals surface area contributed by atoms with E-state index in [-0.39, 0.29) is 5.56 Å². The summed E-state index contributed by atoms with van der Waals surface area (Å²) in [6.45, 7) is -0.208. The monoisotopic (exact) mass is 887 g/mol. The first kappa shape index (κ1) is 41.0. The van der Waals surface area contributed by atoms with Crippen molar-refractivity contribution in [2.24, 2.45) is 0 Å². The van der Waals surface area contributed by atoms with Crippen LogP contribution >= 0.6 is 0 Å². The Bertz CT molecular complexity index is 3590. The van der Waals surface area contributed by atoms with E-state index < -0.39 is 40.5 Å². The van der Waals surface area contributed by atoms with E-state index in [1.54, 1.807) is 6.07 Å². The van der Waals surface area contributed by atoms with Crippen LogP contribution in [0.15, 0.2) is 149 Å². The van der Waals surface area contributed by atoms with Crippen molar-refractivity contribution >= 4 is 52.1 Å². The molecule has 13 nitrogen and oxygen atoms in total. The number of nitrogens with zero attached hydrogens (tertiary/aromatic N) is 5. The molecule has 8 aromatic rings. The zero-order valence-electron chi connectivity index (χ0n) is 35.6. The largest absolute Gasteiger partial charge is 0.377 e. The van der Waals surface area contributed by atoms with Gasteiger partial charge in [0.2, 0.25) is 12.1 Å². The second-order valence-electron chi connectivity index (χ2n) is 16.2. The van der Waals surface area contributed by atoms with E-state index in [0.29, 0.717) is 63.0 Å². The van der Waals surface area contributed by atoms with Crippen LogP contribution in [0.3, 0.4) is 0 Å². The quantitative estimate of drug-likeness (QED) is 0.107. The van der Waals surface area contributed by atoms with Gasteiger partial charge >= 0.3 is 5.69 Å². The summed E-state index contributed by atoms with van der Waals surface area (Å²) < 4.78 is 21.7. The van der Waals surface area contributed by atoms with E-state index in [0.717, 1.165) is 61.3 Å². The predicted octanol–water partition coefficient (Wildman–Crippen LogP) is 10.3. The molecule has 14 heteroatoms. The Labute approximate surface area is 380 Å². The molecule has 4 aromatic heterocycles. The lowest BCUT2D eigenvalue weighted by atomic mass is 10.0. The van der Waals surface area contributed by atoms with Gasteiger partial charge in [-0.2, -0.15) is 4.39 Å². The third-order valence-electron chi connectivity index (χ3n) is 12.1. The maximum absolute atomic E-state index is 15.1. The van der Waals surface area contributed by atoms with Crippen molar-refractivity contribution in [1.29, 1.82) is 0 Å². The van der Waals surface area contributed by atoms with E-state index in [1.165, 1.54) is 12.1 Å². The standard InChI is InChI=1S/C53H38FN7O6/c54-37-31-60(67-47-17-10-28-66-47)53(63)59(52(37)62)30-36-19-18-35(29-46(36)61(64)65)51-44-26-24-42(57-44)49(33-13-6-2-7-14-33)40-22-20-38(55-40)48(32-11-4-1-5-12-32)39-21-23-41(56-39)50(34-15-8-3-9-16-34)43-25-27-45(51)58-43/h1-9,11-16,18-27,29,31,47,55,58H,10,17,28,30H2. The van der Waals surface area contributed by atoms with Crippen LogP contribution in [0, 0.1) is 15.9 Å². The topological polar surface area (TPSA) is 163 Å². The average molecular weight is 888 g/mol. The lowest BCUT2D eigenvalue weighted by Crippen LogP contribution is -2.45. The molecule has 0 saturated carbocycles. The highest BCUT2D eigenvalue weighted by Crippen LogP contribution is 2.39. The van der Waals surface area contributed by atoms with Crippen LogP contribution in [0.25, 0.3) is 90.9 Å². The first-order valence-corrected chi connectivity index (χ1v) is 21.7. The first-order valence-electron chi connectivity index (χ1n) is 21.7. The number of H-pyrrole nitrogens is 2. The smallest absolute Gasteiger partial charge is 0.364 e. The van der Waals surface area contributed by atoms with Gasteiger partial charge in [0.1, 0.15) is 0 Å². The van der Waals surface area contributed by atoms with Crippen LogP contribution in [0.1, 0.15) is 41.2 Å². The van der Waals surface area contributed by atoms with Gasteiger partial charge in [-0.1, -0.05) is 97.1 Å². The summed E-state index contributed by atoms with van der Waals surface area (Å²) in [6, 6.07) is 42.5. The summed E-state index contributed by atoms with van der Waals surface area (Å²) in [5.74, 6) is -1.27. The number of nitro groups is 1. The summed E-state index contributed by atoms with van der Waals surface area (Å²) in [6.07, 6.45) is 8.83. The maximum atomic E-state index is 15.1. The molecule has 11 rings (SSSR count). The van der Waals surface area contributed by atoms with Gasteiger partial charge in [-0.15, -0.1) is 4.73 Å². The van der Waals surface area contributed by atoms with Crippen molar-refractivity contribution in [1.82, 2.24) is 29.2 Å². The molecule has 1 unspecified atom stereocenters. The molecule has 3 aliphatic heterocycles. The highest BCUT2D eigenvalue weighted by atomic mass is 19.1. The number of benzene rings is 4. The Hall–Kier alpha value is -8.75. The van der Waals surface area contributed by atoms with Gasteiger partial charge in [-0.3, -0.25) is 19.5 Å². The number of nitrogens with one attached hydrogen (secondary N) is 2. The highest BCUT2D eigenvalue weighted by Gasteiger charge is 2.25. The van der Waals surface area contributed by atoms with Crippen molar-refractivity contribution in [2.75, 3.05) is 6.61 Å². The fraction of sp³-hybridized carbons (Fsp3) is 0.0943. The number of hydrogen-bond donors (Lipinski definition) is 2. The third-order valence-corrected chi connectivity index (χ3v) is 12.1. The van der Waals surface area contributed by atoms with Crippen molar-refractivity contribution in [2.45, 2.75) is 25.7 Å². The molecule has 7 heterocycles. The number of aromatic amines is 2. The Balaban J connectivity index is 1.18. The molecule has 8 bridgehead atoms. The van der Waals surface area contributed by atoms with Crippen LogP contribution in [-0.4, -0.2) is 47.1 Å². The van der Waals surface area contributed by atoms with E-state index in [4.69, 9.17) is 19.5 Å². The lowest BCUT2D eigenvalue weighted by molar-refractivity contribution is -0.385. The zero-order valence-corrected chi connectivity index (χ0v) is 35.6. The number of rotatable bonds is 9. The normalized spacial score (nSPS) is 14.1. The lowest BCUT2D eigenvalue weighted by Gasteiger charge is -2.15. The van der Waals surface area contributed by atoms with E-state index in [2.05, 4.69) is 28.2 Å². The number of ether oxygens (including phenoxy) is 1. The molecular formula is C53H38FN7O6. The maximum Gasteiger partial charge on any atom is 0.364 e. The molecule has 1 saturated heterocycles. The Kier molecular flexibility index (Phi) is 10.4. The number of hydrogen-bond acceptors (Lipinski definition) is 8. The second kappa shape index (κ2) is 17.0. The van der Waals surface area contributed by atoms with Crippen LogP contribution in [0.4, 0.5) is 10.1 Å². The molecule has 328 valence electrons. The van der Waals surface area contributed by atoms with Gasteiger partial charge < -0.3 is 19.5 Å². The van der Waals surface area contributed by atoms with Crippen molar-refractivity contribution in [3.63, 3.8) is 0 Å². The molecule has 1 atom stereocenters. The minimum atomic E-state index is -1.27. The molecule has 0 radical (unpaired) electrons. The molecule has 0 amide bonds. The fourth-order valence-electron chi connectivity index (χ4n) is 8.95. The Morgan fingerprint density at radius 2 is 1.12 bits per heavy atom. The summed E-state index contributed by atoms with van der Waals surface area (Å²) in [5.41, 5.74) is 9.35. The van der Waals surface area contributed by atoms with Crippen molar-refractivity contribution in [3.05, 3.63) is 205 Å². The number of aromatic nitrogens is 6. The molecule has 67 heavy (non-hydrogen) atoms. The molecular weight excluding hydrogens is 850 g/mol.